The fraction of sp³-hybridized carbons (Fsp3) is 0.412. The van der Waals surface area contributed by atoms with Crippen molar-refractivity contribution in [3.63, 3.8) is 0 Å². The summed E-state index contributed by atoms with van der Waals surface area (Å²) in [5.74, 6) is 0.514. The first-order valence-electron chi connectivity index (χ1n) is 7.95. The van der Waals surface area contributed by atoms with Crippen LogP contribution in [0.15, 0.2) is 24.3 Å². The lowest BCUT2D eigenvalue weighted by Gasteiger charge is -2.08. The number of anilines is 2. The molecular weight excluding hydrogens is 290 g/mol. The van der Waals surface area contributed by atoms with Crippen LogP contribution in [0.2, 0.25) is 0 Å². The molecule has 0 unspecified atom stereocenters. The zero-order valence-corrected chi connectivity index (χ0v) is 13.9. The van der Waals surface area contributed by atoms with Gasteiger partial charge in [0.15, 0.2) is 0 Å². The molecule has 0 radical (unpaired) electrons. The number of hydrogen-bond acceptors (Lipinski definition) is 5. The zero-order chi connectivity index (χ0) is 16.7. The average Bonchev–Trinajstić information content (AvgIpc) is 2.55. The van der Waals surface area contributed by atoms with Gasteiger partial charge in [0.05, 0.1) is 11.4 Å². The summed E-state index contributed by atoms with van der Waals surface area (Å²) < 4.78 is 0. The molecule has 6 heteroatoms. The van der Waals surface area contributed by atoms with Crippen molar-refractivity contribution in [3.05, 3.63) is 41.2 Å². The Kier molecular flexibility index (Phi) is 6.02. The number of hydrogen-bond donors (Lipinski definition) is 2. The predicted octanol–water partition coefficient (Wildman–Crippen LogP) is 2.61. The Bertz CT molecular complexity index is 655. The highest BCUT2D eigenvalue weighted by atomic mass is 16.1. The molecule has 1 amide bonds. The Balaban J connectivity index is 1.88. The van der Waals surface area contributed by atoms with Gasteiger partial charge < -0.3 is 10.6 Å². The van der Waals surface area contributed by atoms with E-state index in [-0.39, 0.29) is 5.91 Å². The molecule has 1 aromatic heterocycles. The van der Waals surface area contributed by atoms with E-state index in [1.807, 2.05) is 24.3 Å². The van der Waals surface area contributed by atoms with E-state index in [9.17, 15) is 4.79 Å². The molecule has 2 N–H and O–H groups in total. The minimum Gasteiger partial charge on any atom is -0.353 e. The van der Waals surface area contributed by atoms with Crippen LogP contribution >= 0.6 is 0 Å². The van der Waals surface area contributed by atoms with E-state index < -0.39 is 0 Å². The summed E-state index contributed by atoms with van der Waals surface area (Å²) >= 11 is 0. The molecule has 6 nitrogen and oxygen atoms in total. The molecule has 0 saturated heterocycles. The summed E-state index contributed by atoms with van der Waals surface area (Å²) in [6.07, 6.45) is 2.56. The van der Waals surface area contributed by atoms with Gasteiger partial charge in [0, 0.05) is 19.2 Å². The fourth-order valence-corrected chi connectivity index (χ4v) is 2.29. The van der Waals surface area contributed by atoms with E-state index in [0.717, 1.165) is 42.9 Å². The average molecular weight is 313 g/mol. The third-order valence-electron chi connectivity index (χ3n) is 3.48. The molecule has 1 aromatic carbocycles. The number of aryl methyl sites for hydroxylation is 2. The minimum atomic E-state index is -0.0636. The fourth-order valence-electron chi connectivity index (χ4n) is 2.29. The molecular formula is C17H23N5O. The van der Waals surface area contributed by atoms with E-state index in [1.54, 1.807) is 0 Å². The van der Waals surface area contributed by atoms with Crippen LogP contribution in [0.4, 0.5) is 11.6 Å². The summed E-state index contributed by atoms with van der Waals surface area (Å²) in [6, 6.07) is 7.81. The molecule has 23 heavy (non-hydrogen) atoms. The van der Waals surface area contributed by atoms with Gasteiger partial charge in [-0.05, 0) is 37.0 Å². The van der Waals surface area contributed by atoms with Gasteiger partial charge in [-0.3, -0.25) is 4.79 Å². The molecule has 0 aliphatic carbocycles. The lowest BCUT2D eigenvalue weighted by Crippen LogP contribution is -2.12. The second-order valence-corrected chi connectivity index (χ2v) is 5.29. The van der Waals surface area contributed by atoms with Crippen molar-refractivity contribution in [2.45, 2.75) is 40.0 Å². The van der Waals surface area contributed by atoms with Gasteiger partial charge in [-0.15, -0.1) is 5.10 Å². The van der Waals surface area contributed by atoms with Crippen molar-refractivity contribution in [3.8, 4) is 0 Å². The molecule has 1 heterocycles. The van der Waals surface area contributed by atoms with E-state index in [1.165, 1.54) is 12.5 Å². The Morgan fingerprint density at radius 3 is 2.35 bits per heavy atom. The number of rotatable bonds is 7. The number of amides is 1. The highest BCUT2D eigenvalue weighted by Crippen LogP contribution is 2.11. The lowest BCUT2D eigenvalue weighted by molar-refractivity contribution is -0.114. The molecule has 2 aromatic rings. The summed E-state index contributed by atoms with van der Waals surface area (Å²) in [7, 11) is 0. The molecule has 0 aliphatic rings. The van der Waals surface area contributed by atoms with Crippen LogP contribution in [0.25, 0.3) is 0 Å². The normalized spacial score (nSPS) is 10.4. The van der Waals surface area contributed by atoms with Crippen LogP contribution in [0.5, 0.6) is 0 Å². The number of aromatic nitrogens is 3. The summed E-state index contributed by atoms with van der Waals surface area (Å²) in [4.78, 5) is 15.5. The number of carbonyl (C=O) groups is 1. The van der Waals surface area contributed by atoms with Gasteiger partial charge in [0.25, 0.3) is 0 Å². The monoisotopic (exact) mass is 313 g/mol. The highest BCUT2D eigenvalue weighted by Gasteiger charge is 2.05. The van der Waals surface area contributed by atoms with Crippen LogP contribution in [-0.4, -0.2) is 27.6 Å². The van der Waals surface area contributed by atoms with E-state index in [2.05, 4.69) is 39.7 Å². The predicted molar refractivity (Wildman–Crippen MR) is 91.5 cm³/mol. The van der Waals surface area contributed by atoms with Crippen LogP contribution in [-0.2, 0) is 24.1 Å². The smallest absolute Gasteiger partial charge is 0.242 e. The minimum absolute atomic E-state index is 0.0636. The third-order valence-corrected chi connectivity index (χ3v) is 3.48. The zero-order valence-electron chi connectivity index (χ0n) is 13.9. The first kappa shape index (κ1) is 16.9. The van der Waals surface area contributed by atoms with Gasteiger partial charge in [-0.1, -0.05) is 26.0 Å². The van der Waals surface area contributed by atoms with Crippen LogP contribution in [0.1, 0.15) is 37.7 Å². The molecule has 0 aliphatic heterocycles. The maximum atomic E-state index is 11.0. The van der Waals surface area contributed by atoms with Crippen LogP contribution in [0.3, 0.4) is 0 Å². The molecule has 122 valence electrons. The van der Waals surface area contributed by atoms with E-state index in [0.29, 0.717) is 5.95 Å². The molecule has 0 bridgehead atoms. The second kappa shape index (κ2) is 8.22. The Labute approximate surface area is 136 Å². The molecule has 0 atom stereocenters. The topological polar surface area (TPSA) is 79.8 Å². The Morgan fingerprint density at radius 1 is 1.04 bits per heavy atom. The van der Waals surface area contributed by atoms with Gasteiger partial charge in [0.2, 0.25) is 11.9 Å². The van der Waals surface area contributed by atoms with Crippen molar-refractivity contribution in [1.82, 2.24) is 15.2 Å². The Hall–Kier alpha value is -2.50. The highest BCUT2D eigenvalue weighted by molar-refractivity contribution is 5.88. The van der Waals surface area contributed by atoms with Gasteiger partial charge in [-0.25, -0.2) is 4.98 Å². The Morgan fingerprint density at radius 2 is 1.74 bits per heavy atom. The number of carbonyl (C=O) groups excluding carboxylic acids is 1. The molecule has 0 fully saturated rings. The van der Waals surface area contributed by atoms with Crippen molar-refractivity contribution >= 4 is 17.5 Å². The molecule has 0 spiro atoms. The van der Waals surface area contributed by atoms with Crippen molar-refractivity contribution in [1.29, 1.82) is 0 Å². The van der Waals surface area contributed by atoms with Crippen molar-refractivity contribution in [2.24, 2.45) is 0 Å². The standard InChI is InChI=1S/C17H23N5O/c1-4-15-16(5-2)21-22-17(20-15)18-11-10-13-6-8-14(9-7-13)19-12(3)23/h6-9H,4-5,10-11H2,1-3H3,(H,19,23)(H,18,20,22). The quantitative estimate of drug-likeness (QED) is 0.821. The number of nitrogens with zero attached hydrogens (tertiary/aromatic N) is 3. The van der Waals surface area contributed by atoms with Crippen LogP contribution in [0, 0.1) is 0 Å². The SMILES string of the molecule is CCc1nnc(NCCc2ccc(NC(C)=O)cc2)nc1CC. The maximum Gasteiger partial charge on any atom is 0.242 e. The first-order valence-corrected chi connectivity index (χ1v) is 7.95. The molecule has 0 saturated carbocycles. The summed E-state index contributed by atoms with van der Waals surface area (Å²) in [5.41, 5.74) is 3.96. The van der Waals surface area contributed by atoms with Crippen molar-refractivity contribution in [2.75, 3.05) is 17.2 Å². The third kappa shape index (κ3) is 5.02. The maximum absolute atomic E-state index is 11.0. The van der Waals surface area contributed by atoms with Gasteiger partial charge in [-0.2, -0.15) is 5.10 Å². The molecule has 2 rings (SSSR count). The lowest BCUT2D eigenvalue weighted by atomic mass is 10.1. The largest absolute Gasteiger partial charge is 0.353 e. The summed E-state index contributed by atoms with van der Waals surface area (Å²) in [6.45, 7) is 6.36. The number of benzene rings is 1. The first-order chi connectivity index (χ1) is 11.1. The second-order valence-electron chi connectivity index (χ2n) is 5.29. The van der Waals surface area contributed by atoms with Gasteiger partial charge >= 0.3 is 0 Å². The number of nitrogens with one attached hydrogen (secondary N) is 2. The summed E-state index contributed by atoms with van der Waals surface area (Å²) in [5, 5.41) is 14.3. The van der Waals surface area contributed by atoms with Crippen LogP contribution < -0.4 is 10.6 Å². The van der Waals surface area contributed by atoms with Crippen molar-refractivity contribution < 1.29 is 4.79 Å². The van der Waals surface area contributed by atoms with E-state index in [4.69, 9.17) is 0 Å². The van der Waals surface area contributed by atoms with E-state index >= 15 is 0 Å². The van der Waals surface area contributed by atoms with Gasteiger partial charge in [0.1, 0.15) is 0 Å².